The number of rotatable bonds is 23. The number of thiazole rings is 1. The Morgan fingerprint density at radius 3 is 1.98 bits per heavy atom. The highest BCUT2D eigenvalue weighted by Crippen LogP contribution is 2.32. The highest BCUT2D eigenvalue weighted by Gasteiger charge is 2.16. The van der Waals surface area contributed by atoms with Crippen molar-refractivity contribution in [2.75, 3.05) is 18.5 Å². The Morgan fingerprint density at radius 1 is 0.795 bits per heavy atom. The minimum atomic E-state index is -0.272. The number of hydrogen-bond donors (Lipinski definition) is 1. The number of halogens is 1. The van der Waals surface area contributed by atoms with Crippen LogP contribution in [-0.4, -0.2) is 24.9 Å². The third-order valence-electron chi connectivity index (χ3n) is 7.59. The average Bonchev–Trinajstić information content (AvgIpc) is 3.52. The molecule has 0 fully saturated rings. The number of carbonyl (C=O) groups excluding carboxylic acids is 2. The number of amides is 1. The van der Waals surface area contributed by atoms with E-state index in [2.05, 4.69) is 22.3 Å². The summed E-state index contributed by atoms with van der Waals surface area (Å²) in [6.45, 7) is 4.91. The summed E-state index contributed by atoms with van der Waals surface area (Å²) in [6, 6.07) is 13.0. The van der Waals surface area contributed by atoms with Crippen LogP contribution in [0.4, 0.5) is 5.69 Å². The predicted octanol–water partition coefficient (Wildman–Crippen LogP) is 6.17. The van der Waals surface area contributed by atoms with Crippen molar-refractivity contribution in [3.05, 3.63) is 70.7 Å². The van der Waals surface area contributed by atoms with Gasteiger partial charge in [-0.25, -0.2) is 0 Å². The van der Waals surface area contributed by atoms with Gasteiger partial charge >= 0.3 is 0 Å². The summed E-state index contributed by atoms with van der Waals surface area (Å²) in [4.78, 5) is 24.9. The molecular weight excluding hydrogens is 636 g/mol. The number of hydrogen-bond acceptors (Lipinski definition) is 5. The second-order valence-corrected chi connectivity index (χ2v) is 12.1. The van der Waals surface area contributed by atoms with Crippen molar-refractivity contribution in [2.45, 2.75) is 110 Å². The molecule has 8 heteroatoms. The zero-order valence-electron chi connectivity index (χ0n) is 26.7. The van der Waals surface area contributed by atoms with E-state index in [9.17, 15) is 9.59 Å². The molecule has 0 aliphatic rings. The zero-order chi connectivity index (χ0) is 30.5. The van der Waals surface area contributed by atoms with Gasteiger partial charge in [0.1, 0.15) is 0 Å². The number of ketones is 1. The average molecular weight is 688 g/mol. The van der Waals surface area contributed by atoms with Gasteiger partial charge in [0.15, 0.2) is 36.6 Å². The number of benzene rings is 2. The largest absolute Gasteiger partial charge is 1.00 e. The molecule has 0 spiro atoms. The molecular formula is C36H51BrN2O4S. The highest BCUT2D eigenvalue weighted by atomic mass is 79.9. The van der Waals surface area contributed by atoms with Crippen molar-refractivity contribution in [3.8, 4) is 11.5 Å². The minimum Gasteiger partial charge on any atom is -1.00 e. The van der Waals surface area contributed by atoms with Crippen LogP contribution in [0.1, 0.15) is 120 Å². The van der Waals surface area contributed by atoms with Crippen LogP contribution < -0.4 is 36.3 Å². The van der Waals surface area contributed by atoms with Crippen molar-refractivity contribution in [3.63, 3.8) is 0 Å². The maximum atomic E-state index is 12.6. The maximum Gasteiger partial charge on any atom is 0.262 e. The fraction of sp³-hybridized carbons (Fsp3) is 0.528. The Bertz CT molecular complexity index is 1200. The number of aromatic nitrogens is 1. The van der Waals surface area contributed by atoms with Gasteiger partial charge in [-0.1, -0.05) is 120 Å². The molecule has 2 aromatic carbocycles. The van der Waals surface area contributed by atoms with E-state index in [1.54, 1.807) is 29.5 Å². The summed E-state index contributed by atoms with van der Waals surface area (Å²) < 4.78 is 14.0. The second-order valence-electron chi connectivity index (χ2n) is 11.4. The minimum absolute atomic E-state index is 0. The summed E-state index contributed by atoms with van der Waals surface area (Å²) in [5.74, 6) is 0.474. The topological polar surface area (TPSA) is 68.5 Å². The number of anilines is 1. The van der Waals surface area contributed by atoms with Gasteiger partial charge in [0.2, 0.25) is 5.51 Å². The van der Waals surface area contributed by atoms with Gasteiger partial charge < -0.3 is 31.8 Å². The van der Waals surface area contributed by atoms with Crippen molar-refractivity contribution < 1.29 is 40.6 Å². The van der Waals surface area contributed by atoms with Crippen molar-refractivity contribution in [2.24, 2.45) is 0 Å². The Morgan fingerprint density at radius 2 is 1.41 bits per heavy atom. The molecule has 0 bridgehead atoms. The van der Waals surface area contributed by atoms with Crippen molar-refractivity contribution >= 4 is 28.7 Å². The summed E-state index contributed by atoms with van der Waals surface area (Å²) in [5.41, 5.74) is 4.40. The lowest BCUT2D eigenvalue weighted by molar-refractivity contribution is -0.683. The third-order valence-corrected chi connectivity index (χ3v) is 8.26. The molecule has 0 radical (unpaired) electrons. The van der Waals surface area contributed by atoms with Gasteiger partial charge in [0.05, 0.1) is 17.6 Å². The standard InChI is InChI=1S/C36H50N2O4S.BrH/c1-3-4-5-6-7-8-9-10-11-12-13-14-15-16-25-41-36-33(30(2)39)18-17-19-34(36)42-28-35(40)37-32-22-20-31(21-23-32)27-38-24-26-43-29-38;/h17-24,26,29H,3-16,25,27-28H2,1-2H3;1H. The Labute approximate surface area is 279 Å². The molecule has 6 nitrogen and oxygen atoms in total. The Balaban J connectivity index is 0.00000675. The number of ether oxygens (including phenoxy) is 2. The molecule has 1 heterocycles. The third kappa shape index (κ3) is 14.8. The molecule has 0 atom stereocenters. The first-order valence-corrected chi connectivity index (χ1v) is 17.2. The highest BCUT2D eigenvalue weighted by molar-refractivity contribution is 7.07. The van der Waals surface area contributed by atoms with E-state index < -0.39 is 0 Å². The van der Waals surface area contributed by atoms with Crippen LogP contribution in [0, 0.1) is 0 Å². The molecule has 1 N–H and O–H groups in total. The quantitative estimate of drug-likeness (QED) is 0.0737. The van der Waals surface area contributed by atoms with Crippen LogP contribution in [0.3, 0.4) is 0 Å². The number of nitrogens with zero attached hydrogens (tertiary/aromatic N) is 1. The first-order chi connectivity index (χ1) is 21.1. The molecule has 242 valence electrons. The molecule has 0 unspecified atom stereocenters. The van der Waals surface area contributed by atoms with Crippen molar-refractivity contribution in [1.82, 2.24) is 0 Å². The van der Waals surface area contributed by atoms with Crippen LogP contribution >= 0.6 is 11.3 Å². The van der Waals surface area contributed by atoms with E-state index in [0.717, 1.165) is 24.9 Å². The first kappa shape index (κ1) is 37.5. The monoisotopic (exact) mass is 686 g/mol. The van der Waals surface area contributed by atoms with Crippen LogP contribution in [-0.2, 0) is 11.3 Å². The summed E-state index contributed by atoms with van der Waals surface area (Å²) in [6.07, 6.45) is 20.2. The number of nitrogens with one attached hydrogen (secondary N) is 1. The lowest BCUT2D eigenvalue weighted by Crippen LogP contribution is -3.00. The van der Waals surface area contributed by atoms with E-state index in [0.29, 0.717) is 29.4 Å². The van der Waals surface area contributed by atoms with Gasteiger partial charge in [-0.05, 0) is 37.6 Å². The molecule has 0 aliphatic heterocycles. The molecule has 44 heavy (non-hydrogen) atoms. The zero-order valence-corrected chi connectivity index (χ0v) is 29.1. The molecule has 0 saturated heterocycles. The first-order valence-electron chi connectivity index (χ1n) is 16.3. The van der Waals surface area contributed by atoms with Crippen LogP contribution in [0.5, 0.6) is 11.5 Å². The number of Topliss-reactive ketones (excluding diaryl/α,β-unsaturated/α-hetero) is 1. The van der Waals surface area contributed by atoms with E-state index in [1.807, 2.05) is 35.8 Å². The van der Waals surface area contributed by atoms with Crippen LogP contribution in [0.25, 0.3) is 0 Å². The normalized spacial score (nSPS) is 10.7. The molecule has 0 aliphatic carbocycles. The maximum absolute atomic E-state index is 12.6. The second kappa shape index (κ2) is 22.7. The van der Waals surface area contributed by atoms with E-state index in [4.69, 9.17) is 9.47 Å². The smallest absolute Gasteiger partial charge is 0.262 e. The number of carbonyl (C=O) groups is 2. The fourth-order valence-electron chi connectivity index (χ4n) is 5.12. The molecule has 1 aromatic heterocycles. The van der Waals surface area contributed by atoms with E-state index >= 15 is 0 Å². The summed E-state index contributed by atoms with van der Waals surface area (Å²) >= 11 is 1.65. The van der Waals surface area contributed by atoms with Crippen molar-refractivity contribution in [1.29, 1.82) is 0 Å². The van der Waals surface area contributed by atoms with Crippen LogP contribution in [0.2, 0.25) is 0 Å². The molecule has 1 amide bonds. The predicted molar refractivity (Wildman–Crippen MR) is 176 cm³/mol. The number of unbranched alkanes of at least 4 members (excludes halogenated alkanes) is 13. The van der Waals surface area contributed by atoms with Gasteiger partial charge in [-0.2, -0.15) is 4.57 Å². The Hall–Kier alpha value is -2.71. The SMILES string of the molecule is CCCCCCCCCCCCCCCCOc1c(OCC(=O)Nc2ccc(C[n+]3ccsc3)cc2)cccc1C(C)=O.[Br-]. The lowest BCUT2D eigenvalue weighted by Gasteiger charge is -2.15. The van der Waals surface area contributed by atoms with Gasteiger partial charge in [0.25, 0.3) is 5.91 Å². The van der Waals surface area contributed by atoms with E-state index in [-0.39, 0.29) is 35.3 Å². The lowest BCUT2D eigenvalue weighted by atomic mass is 10.0. The molecule has 0 saturated carbocycles. The fourth-order valence-corrected chi connectivity index (χ4v) is 5.72. The van der Waals surface area contributed by atoms with Gasteiger partial charge in [-0.3, -0.25) is 9.59 Å². The number of para-hydroxylation sites is 1. The summed E-state index contributed by atoms with van der Waals surface area (Å²) in [5, 5.41) is 4.92. The van der Waals surface area contributed by atoms with Crippen LogP contribution in [0.15, 0.2) is 59.6 Å². The van der Waals surface area contributed by atoms with Gasteiger partial charge in [-0.15, -0.1) is 0 Å². The molecule has 3 aromatic rings. The summed E-state index contributed by atoms with van der Waals surface area (Å²) in [7, 11) is 0. The van der Waals surface area contributed by atoms with E-state index in [1.165, 1.54) is 84.0 Å². The Kier molecular flexibility index (Phi) is 19.4. The molecule has 3 rings (SSSR count). The van der Waals surface area contributed by atoms with Gasteiger partial charge in [0, 0.05) is 11.3 Å².